The Morgan fingerprint density at radius 1 is 1.14 bits per heavy atom. The summed E-state index contributed by atoms with van der Waals surface area (Å²) in [6, 6.07) is 6.57. The minimum absolute atomic E-state index is 0.0402. The SMILES string of the molecule is CCC(CC)(CO)CNC(=O)c1cccc(C(=O)NC)c1. The van der Waals surface area contributed by atoms with E-state index < -0.39 is 0 Å². The lowest BCUT2D eigenvalue weighted by Gasteiger charge is -2.29. The standard InChI is InChI=1S/C16H24N2O3/c1-4-16(5-2,11-19)10-18-15(21)13-8-6-7-12(9-13)14(20)17-3/h6-9,19H,4-5,10-11H2,1-3H3,(H,17,20)(H,18,21). The zero-order chi connectivity index (χ0) is 15.9. The van der Waals surface area contributed by atoms with Gasteiger partial charge in [-0.1, -0.05) is 19.9 Å². The third-order valence-corrected chi connectivity index (χ3v) is 4.07. The summed E-state index contributed by atoms with van der Waals surface area (Å²) in [6.45, 7) is 4.45. The van der Waals surface area contributed by atoms with E-state index >= 15 is 0 Å². The van der Waals surface area contributed by atoms with Crippen molar-refractivity contribution < 1.29 is 14.7 Å². The Morgan fingerprint density at radius 3 is 2.19 bits per heavy atom. The van der Waals surface area contributed by atoms with Crippen molar-refractivity contribution in [3.05, 3.63) is 35.4 Å². The largest absolute Gasteiger partial charge is 0.396 e. The number of carbonyl (C=O) groups excluding carboxylic acids is 2. The van der Waals surface area contributed by atoms with Gasteiger partial charge in [0.25, 0.3) is 11.8 Å². The molecule has 0 aliphatic rings. The number of aliphatic hydroxyl groups is 1. The fourth-order valence-electron chi connectivity index (χ4n) is 2.10. The highest BCUT2D eigenvalue weighted by Gasteiger charge is 2.26. The van der Waals surface area contributed by atoms with Gasteiger partial charge in [-0.05, 0) is 31.0 Å². The van der Waals surface area contributed by atoms with Crippen molar-refractivity contribution in [1.82, 2.24) is 10.6 Å². The Balaban J connectivity index is 2.78. The summed E-state index contributed by atoms with van der Waals surface area (Å²) in [5, 5.41) is 14.9. The van der Waals surface area contributed by atoms with Crippen LogP contribution in [0.1, 0.15) is 47.4 Å². The molecule has 3 N–H and O–H groups in total. The molecule has 0 aliphatic heterocycles. The van der Waals surface area contributed by atoms with E-state index in [0.717, 1.165) is 12.8 Å². The Labute approximate surface area is 125 Å². The van der Waals surface area contributed by atoms with Crippen molar-refractivity contribution in [3.63, 3.8) is 0 Å². The van der Waals surface area contributed by atoms with Crippen molar-refractivity contribution in [2.24, 2.45) is 5.41 Å². The highest BCUT2D eigenvalue weighted by Crippen LogP contribution is 2.24. The molecule has 0 fully saturated rings. The van der Waals surface area contributed by atoms with E-state index in [2.05, 4.69) is 10.6 Å². The van der Waals surface area contributed by atoms with Crippen LogP contribution in [0.4, 0.5) is 0 Å². The van der Waals surface area contributed by atoms with Crippen molar-refractivity contribution in [3.8, 4) is 0 Å². The molecule has 0 saturated heterocycles. The molecular weight excluding hydrogens is 268 g/mol. The number of carbonyl (C=O) groups is 2. The van der Waals surface area contributed by atoms with E-state index in [1.165, 1.54) is 0 Å². The van der Waals surface area contributed by atoms with E-state index in [1.807, 2.05) is 13.8 Å². The number of hydrogen-bond acceptors (Lipinski definition) is 3. The number of nitrogens with one attached hydrogen (secondary N) is 2. The molecule has 0 bridgehead atoms. The van der Waals surface area contributed by atoms with Gasteiger partial charge in [0.1, 0.15) is 0 Å². The van der Waals surface area contributed by atoms with Crippen molar-refractivity contribution >= 4 is 11.8 Å². The summed E-state index contributed by atoms with van der Waals surface area (Å²) in [4.78, 5) is 23.7. The molecule has 0 atom stereocenters. The monoisotopic (exact) mass is 292 g/mol. The highest BCUT2D eigenvalue weighted by molar-refractivity contribution is 5.99. The molecule has 2 amide bonds. The smallest absolute Gasteiger partial charge is 0.251 e. The normalized spacial score (nSPS) is 11.0. The van der Waals surface area contributed by atoms with Crippen LogP contribution in [-0.4, -0.2) is 37.1 Å². The highest BCUT2D eigenvalue weighted by atomic mass is 16.3. The summed E-state index contributed by atoms with van der Waals surface area (Å²) in [6.07, 6.45) is 1.58. The molecule has 0 aliphatic carbocycles. The molecule has 21 heavy (non-hydrogen) atoms. The van der Waals surface area contributed by atoms with Gasteiger partial charge in [0.2, 0.25) is 0 Å². The predicted octanol–water partition coefficient (Wildman–Crippen LogP) is 1.57. The molecule has 0 radical (unpaired) electrons. The average Bonchev–Trinajstić information content (AvgIpc) is 2.55. The average molecular weight is 292 g/mol. The summed E-state index contributed by atoms with van der Waals surface area (Å²) < 4.78 is 0. The van der Waals surface area contributed by atoms with Crippen LogP contribution in [0.2, 0.25) is 0 Å². The Kier molecular flexibility index (Phi) is 6.37. The first-order valence-electron chi connectivity index (χ1n) is 7.23. The fourth-order valence-corrected chi connectivity index (χ4v) is 2.10. The summed E-state index contributed by atoms with van der Waals surface area (Å²) in [5.41, 5.74) is 0.605. The van der Waals surface area contributed by atoms with E-state index in [4.69, 9.17) is 0 Å². The van der Waals surface area contributed by atoms with Crippen molar-refractivity contribution in [1.29, 1.82) is 0 Å². The minimum atomic E-state index is -0.284. The second-order valence-electron chi connectivity index (χ2n) is 5.21. The quantitative estimate of drug-likeness (QED) is 0.714. The molecule has 116 valence electrons. The molecule has 0 heterocycles. The fraction of sp³-hybridized carbons (Fsp3) is 0.500. The minimum Gasteiger partial charge on any atom is -0.396 e. The number of rotatable bonds is 7. The third-order valence-electron chi connectivity index (χ3n) is 4.07. The van der Waals surface area contributed by atoms with Crippen LogP contribution in [0.5, 0.6) is 0 Å². The molecule has 0 saturated carbocycles. The number of benzene rings is 1. The maximum Gasteiger partial charge on any atom is 0.251 e. The number of aliphatic hydroxyl groups excluding tert-OH is 1. The first-order valence-corrected chi connectivity index (χ1v) is 7.23. The lowest BCUT2D eigenvalue weighted by atomic mass is 9.83. The van der Waals surface area contributed by atoms with Gasteiger partial charge in [-0.3, -0.25) is 9.59 Å². The van der Waals surface area contributed by atoms with Gasteiger partial charge in [-0.2, -0.15) is 0 Å². The van der Waals surface area contributed by atoms with Crippen LogP contribution in [0.3, 0.4) is 0 Å². The molecule has 0 spiro atoms. The zero-order valence-electron chi connectivity index (χ0n) is 12.9. The van der Waals surface area contributed by atoms with Crippen LogP contribution in [0.15, 0.2) is 24.3 Å². The Bertz CT molecular complexity index is 488. The second-order valence-corrected chi connectivity index (χ2v) is 5.21. The molecule has 1 aromatic carbocycles. The van der Waals surface area contributed by atoms with Crippen LogP contribution >= 0.6 is 0 Å². The first-order chi connectivity index (χ1) is 10.0. The van der Waals surface area contributed by atoms with Crippen LogP contribution in [-0.2, 0) is 0 Å². The molecule has 5 heteroatoms. The van der Waals surface area contributed by atoms with Crippen LogP contribution < -0.4 is 10.6 Å². The Hall–Kier alpha value is -1.88. The maximum absolute atomic E-state index is 12.2. The topological polar surface area (TPSA) is 78.4 Å². The van der Waals surface area contributed by atoms with Gasteiger partial charge < -0.3 is 15.7 Å². The lowest BCUT2D eigenvalue weighted by Crippen LogP contribution is -2.39. The van der Waals surface area contributed by atoms with E-state index in [9.17, 15) is 14.7 Å². The van der Waals surface area contributed by atoms with E-state index in [0.29, 0.717) is 17.7 Å². The molecule has 5 nitrogen and oxygen atoms in total. The van der Waals surface area contributed by atoms with E-state index in [-0.39, 0.29) is 23.8 Å². The van der Waals surface area contributed by atoms with Gasteiger partial charge in [-0.15, -0.1) is 0 Å². The molecular formula is C16H24N2O3. The maximum atomic E-state index is 12.2. The lowest BCUT2D eigenvalue weighted by molar-refractivity contribution is 0.0851. The van der Waals surface area contributed by atoms with Gasteiger partial charge in [0, 0.05) is 30.1 Å². The number of hydrogen-bond donors (Lipinski definition) is 3. The molecule has 1 rings (SSSR count). The van der Waals surface area contributed by atoms with Crippen LogP contribution in [0.25, 0.3) is 0 Å². The van der Waals surface area contributed by atoms with Gasteiger partial charge >= 0.3 is 0 Å². The zero-order valence-corrected chi connectivity index (χ0v) is 12.9. The molecule has 0 aromatic heterocycles. The summed E-state index contributed by atoms with van der Waals surface area (Å²) in [7, 11) is 1.55. The van der Waals surface area contributed by atoms with Crippen LogP contribution in [0, 0.1) is 5.41 Å². The Morgan fingerprint density at radius 2 is 1.71 bits per heavy atom. The number of amides is 2. The van der Waals surface area contributed by atoms with E-state index in [1.54, 1.807) is 31.3 Å². The van der Waals surface area contributed by atoms with Gasteiger partial charge in [-0.25, -0.2) is 0 Å². The predicted molar refractivity (Wildman–Crippen MR) is 82.3 cm³/mol. The van der Waals surface area contributed by atoms with Gasteiger partial charge in [0.15, 0.2) is 0 Å². The summed E-state index contributed by atoms with van der Waals surface area (Å²) >= 11 is 0. The molecule has 1 aromatic rings. The van der Waals surface area contributed by atoms with Gasteiger partial charge in [0.05, 0.1) is 6.61 Å². The molecule has 0 unspecified atom stereocenters. The first kappa shape index (κ1) is 17.2. The van der Waals surface area contributed by atoms with Crippen molar-refractivity contribution in [2.75, 3.05) is 20.2 Å². The third kappa shape index (κ3) is 4.29. The second kappa shape index (κ2) is 7.78. The summed E-state index contributed by atoms with van der Waals surface area (Å²) in [5.74, 6) is -0.461. The van der Waals surface area contributed by atoms with Crippen molar-refractivity contribution in [2.45, 2.75) is 26.7 Å².